The summed E-state index contributed by atoms with van der Waals surface area (Å²) in [5.41, 5.74) is 3.26. The van der Waals surface area contributed by atoms with E-state index in [4.69, 9.17) is 9.72 Å². The Bertz CT molecular complexity index is 1200. The number of carbonyl (C=O) groups is 1. The van der Waals surface area contributed by atoms with Crippen LogP contribution in [0.4, 0.5) is 11.6 Å². The number of ether oxygens (including phenoxy) is 1. The third-order valence-electron chi connectivity index (χ3n) is 7.23. The number of hydrogen-bond donors (Lipinski definition) is 3. The molecule has 3 N–H and O–H groups in total. The third kappa shape index (κ3) is 6.72. The van der Waals surface area contributed by atoms with Gasteiger partial charge in [0.1, 0.15) is 24.0 Å². The largest absolute Gasteiger partial charge is 0.480 e. The molecule has 2 atom stereocenters. The fraction of sp³-hybridized carbons (Fsp3) is 0.500. The number of nitrogens with one attached hydrogen (secondary N) is 2. The molecule has 3 aromatic rings. The second kappa shape index (κ2) is 12.3. The number of aromatic nitrogens is 3. The molecule has 0 amide bonds. The summed E-state index contributed by atoms with van der Waals surface area (Å²) in [5, 5.41) is 17.1. The molecule has 0 radical (unpaired) electrons. The van der Waals surface area contributed by atoms with Gasteiger partial charge in [0.15, 0.2) is 0 Å². The zero-order chi connectivity index (χ0) is 25.5. The Morgan fingerprint density at radius 3 is 3.05 bits per heavy atom. The molecule has 2 aromatic heterocycles. The Morgan fingerprint density at radius 2 is 2.14 bits per heavy atom. The minimum Gasteiger partial charge on any atom is -0.480 e. The SMILES string of the molecule is O=C(O)[C@@H](CCO[C@H]1CCCN(CCCc2ccc3c(n2)NCCC3)C1)Nc1ncnc2ccccc12. The zero-order valence-corrected chi connectivity index (χ0v) is 21.2. The van der Waals surface area contributed by atoms with Gasteiger partial charge in [-0.2, -0.15) is 0 Å². The van der Waals surface area contributed by atoms with Crippen LogP contribution in [-0.2, 0) is 22.4 Å². The Hall–Kier alpha value is -3.30. The van der Waals surface area contributed by atoms with Crippen LogP contribution in [0, 0.1) is 0 Å². The van der Waals surface area contributed by atoms with Gasteiger partial charge in [0.05, 0.1) is 11.6 Å². The third-order valence-corrected chi connectivity index (χ3v) is 7.23. The van der Waals surface area contributed by atoms with Crippen molar-refractivity contribution in [3.8, 4) is 0 Å². The summed E-state index contributed by atoms with van der Waals surface area (Å²) < 4.78 is 6.15. The summed E-state index contributed by atoms with van der Waals surface area (Å²) in [4.78, 5) is 27.7. The van der Waals surface area contributed by atoms with Crippen molar-refractivity contribution >= 4 is 28.5 Å². The van der Waals surface area contributed by atoms with Crippen LogP contribution in [0.2, 0.25) is 0 Å². The number of rotatable bonds is 11. The molecule has 196 valence electrons. The van der Waals surface area contributed by atoms with Crippen LogP contribution in [0.25, 0.3) is 10.9 Å². The van der Waals surface area contributed by atoms with Crippen molar-refractivity contribution in [3.05, 3.63) is 54.0 Å². The van der Waals surface area contributed by atoms with Crippen LogP contribution in [0.1, 0.15) is 43.4 Å². The van der Waals surface area contributed by atoms with Crippen molar-refractivity contribution in [2.24, 2.45) is 0 Å². The number of fused-ring (bicyclic) bond motifs is 2. The molecule has 0 bridgehead atoms. The average molecular weight is 505 g/mol. The van der Waals surface area contributed by atoms with Crippen LogP contribution < -0.4 is 10.6 Å². The van der Waals surface area contributed by atoms with Crippen LogP contribution in [0.5, 0.6) is 0 Å². The minimum absolute atomic E-state index is 0.133. The van der Waals surface area contributed by atoms with E-state index in [0.29, 0.717) is 18.8 Å². The van der Waals surface area contributed by atoms with E-state index in [1.807, 2.05) is 24.3 Å². The van der Waals surface area contributed by atoms with Crippen molar-refractivity contribution in [2.75, 3.05) is 43.4 Å². The monoisotopic (exact) mass is 504 g/mol. The molecule has 0 unspecified atom stereocenters. The Labute approximate surface area is 217 Å². The van der Waals surface area contributed by atoms with Crippen molar-refractivity contribution < 1.29 is 14.6 Å². The number of aliphatic carboxylic acids is 1. The van der Waals surface area contributed by atoms with Crippen molar-refractivity contribution in [1.82, 2.24) is 19.9 Å². The molecule has 0 spiro atoms. The predicted octanol–water partition coefficient (Wildman–Crippen LogP) is 3.75. The van der Waals surface area contributed by atoms with Gasteiger partial charge in [0.25, 0.3) is 0 Å². The first-order valence-corrected chi connectivity index (χ1v) is 13.4. The van der Waals surface area contributed by atoms with E-state index < -0.39 is 12.0 Å². The van der Waals surface area contributed by atoms with E-state index in [2.05, 4.69) is 37.6 Å². The van der Waals surface area contributed by atoms with Crippen LogP contribution >= 0.6 is 0 Å². The average Bonchev–Trinajstić information content (AvgIpc) is 2.93. The summed E-state index contributed by atoms with van der Waals surface area (Å²) in [6.07, 6.45) is 8.39. The molecule has 0 aliphatic carbocycles. The van der Waals surface area contributed by atoms with E-state index >= 15 is 0 Å². The maximum atomic E-state index is 11.9. The molecule has 2 aliphatic rings. The van der Waals surface area contributed by atoms with Gasteiger partial charge in [-0.1, -0.05) is 18.2 Å². The normalized spacial score (nSPS) is 18.6. The number of likely N-dealkylation sites (tertiary alicyclic amines) is 1. The topological polar surface area (TPSA) is 112 Å². The number of para-hydroxylation sites is 1. The van der Waals surface area contributed by atoms with Gasteiger partial charge in [0, 0.05) is 37.2 Å². The maximum absolute atomic E-state index is 11.9. The number of aryl methyl sites for hydroxylation is 2. The molecule has 9 nitrogen and oxygen atoms in total. The lowest BCUT2D eigenvalue weighted by Gasteiger charge is -2.32. The molecule has 5 rings (SSSR count). The number of piperidine rings is 1. The number of carboxylic acid groups (broad SMARTS) is 1. The summed E-state index contributed by atoms with van der Waals surface area (Å²) in [6.45, 7) is 4.39. The second-order valence-corrected chi connectivity index (χ2v) is 9.94. The molecule has 0 saturated carbocycles. The van der Waals surface area contributed by atoms with E-state index in [9.17, 15) is 9.90 Å². The quantitative estimate of drug-likeness (QED) is 0.359. The van der Waals surface area contributed by atoms with Crippen molar-refractivity contribution in [1.29, 1.82) is 0 Å². The lowest BCUT2D eigenvalue weighted by atomic mass is 10.1. The van der Waals surface area contributed by atoms with Gasteiger partial charge in [-0.05, 0) is 75.4 Å². The zero-order valence-electron chi connectivity index (χ0n) is 21.2. The highest BCUT2D eigenvalue weighted by atomic mass is 16.5. The molecule has 37 heavy (non-hydrogen) atoms. The van der Waals surface area contributed by atoms with E-state index in [1.165, 1.54) is 18.3 Å². The maximum Gasteiger partial charge on any atom is 0.326 e. The van der Waals surface area contributed by atoms with E-state index in [-0.39, 0.29) is 6.10 Å². The molecule has 4 heterocycles. The summed E-state index contributed by atoms with van der Waals surface area (Å²) in [6, 6.07) is 11.2. The van der Waals surface area contributed by atoms with Gasteiger partial charge >= 0.3 is 5.97 Å². The number of carboxylic acids is 1. The number of anilines is 2. The van der Waals surface area contributed by atoms with E-state index in [0.717, 1.165) is 80.7 Å². The lowest BCUT2D eigenvalue weighted by Crippen LogP contribution is -2.41. The summed E-state index contributed by atoms with van der Waals surface area (Å²) in [5.74, 6) is 0.686. The molecule has 2 aliphatic heterocycles. The van der Waals surface area contributed by atoms with Crippen LogP contribution in [0.15, 0.2) is 42.7 Å². The number of hydrogen-bond acceptors (Lipinski definition) is 8. The van der Waals surface area contributed by atoms with Gasteiger partial charge in [-0.15, -0.1) is 0 Å². The van der Waals surface area contributed by atoms with Crippen molar-refractivity contribution in [3.63, 3.8) is 0 Å². The molecule has 1 fully saturated rings. The predicted molar refractivity (Wildman–Crippen MR) is 144 cm³/mol. The lowest BCUT2D eigenvalue weighted by molar-refractivity contribution is -0.138. The number of nitrogens with zero attached hydrogens (tertiary/aromatic N) is 4. The highest BCUT2D eigenvalue weighted by Crippen LogP contribution is 2.22. The van der Waals surface area contributed by atoms with Gasteiger partial charge in [-0.3, -0.25) is 0 Å². The fourth-order valence-corrected chi connectivity index (χ4v) is 5.24. The highest BCUT2D eigenvalue weighted by Gasteiger charge is 2.23. The number of benzene rings is 1. The van der Waals surface area contributed by atoms with Crippen LogP contribution in [-0.4, -0.2) is 75.9 Å². The van der Waals surface area contributed by atoms with Gasteiger partial charge < -0.3 is 25.4 Å². The first-order valence-electron chi connectivity index (χ1n) is 13.4. The molecule has 1 saturated heterocycles. The first-order chi connectivity index (χ1) is 18.2. The first kappa shape index (κ1) is 25.4. The smallest absolute Gasteiger partial charge is 0.326 e. The second-order valence-electron chi connectivity index (χ2n) is 9.94. The summed E-state index contributed by atoms with van der Waals surface area (Å²) in [7, 11) is 0. The molecular weight excluding hydrogens is 468 g/mol. The Kier molecular flexibility index (Phi) is 8.42. The van der Waals surface area contributed by atoms with Gasteiger partial charge in [-0.25, -0.2) is 19.7 Å². The van der Waals surface area contributed by atoms with Gasteiger partial charge in [0.2, 0.25) is 0 Å². The Balaban J connectivity index is 1.06. The standard InChI is InChI=1S/C28H36N6O3/c35-28(36)25(33-27-23-9-1-2-10-24(23)30-19-31-27)13-17-37-22-8-5-16-34(18-22)15-4-7-21-12-11-20-6-3-14-29-26(20)32-21/h1-2,9-12,19,22,25H,3-8,13-18H2,(H,29,32)(H,35,36)(H,30,31,33)/t22-,25+/m0/s1. The number of pyridine rings is 1. The highest BCUT2D eigenvalue weighted by molar-refractivity contribution is 5.90. The van der Waals surface area contributed by atoms with E-state index in [1.54, 1.807) is 0 Å². The molecule has 1 aromatic carbocycles. The Morgan fingerprint density at radius 1 is 1.22 bits per heavy atom. The van der Waals surface area contributed by atoms with Crippen molar-refractivity contribution in [2.45, 2.75) is 57.1 Å². The van der Waals surface area contributed by atoms with Crippen LogP contribution in [0.3, 0.4) is 0 Å². The molecule has 9 heteroatoms. The fourth-order valence-electron chi connectivity index (χ4n) is 5.24. The minimum atomic E-state index is -0.914. The molecular formula is C28H36N6O3. The summed E-state index contributed by atoms with van der Waals surface area (Å²) >= 11 is 0.